The molecule has 0 saturated carbocycles. The first-order chi connectivity index (χ1) is 11.9. The molecule has 0 heterocycles. The molecule has 0 fully saturated rings. The fourth-order valence-electron chi connectivity index (χ4n) is 3.51. The summed E-state index contributed by atoms with van der Waals surface area (Å²) in [7, 11) is -5.14. The van der Waals surface area contributed by atoms with Gasteiger partial charge in [-0.2, -0.15) is 8.42 Å². The molecule has 156 valence electrons. The molecule has 0 radical (unpaired) electrons. The summed E-state index contributed by atoms with van der Waals surface area (Å²) in [5.41, 5.74) is 0. The van der Waals surface area contributed by atoms with Gasteiger partial charge in [0, 0.05) is 0 Å². The third-order valence-electron chi connectivity index (χ3n) is 5.07. The van der Waals surface area contributed by atoms with E-state index in [1.807, 2.05) is 13.8 Å². The van der Waals surface area contributed by atoms with Crippen LogP contribution in [0.25, 0.3) is 0 Å². The summed E-state index contributed by atoms with van der Waals surface area (Å²) in [6.07, 6.45) is 4.08. The zero-order chi connectivity index (χ0) is 20.5. The van der Waals surface area contributed by atoms with E-state index in [1.54, 1.807) is 13.8 Å². The van der Waals surface area contributed by atoms with E-state index in [1.165, 1.54) is 0 Å². The first-order valence-corrected chi connectivity index (χ1v) is 10.8. The van der Waals surface area contributed by atoms with Gasteiger partial charge in [-0.1, -0.05) is 66.2 Å². The second-order valence-corrected chi connectivity index (χ2v) is 9.17. The van der Waals surface area contributed by atoms with Crippen molar-refractivity contribution in [1.82, 2.24) is 0 Å². The number of hydrogen-bond acceptors (Lipinski definition) is 4. The van der Waals surface area contributed by atoms with Gasteiger partial charge in [-0.3, -0.25) is 14.1 Å². The number of unbranched alkanes of at least 4 members (excludes halogenated alkanes) is 2. The van der Waals surface area contributed by atoms with E-state index in [0.29, 0.717) is 12.8 Å². The molecule has 4 atom stereocenters. The summed E-state index contributed by atoms with van der Waals surface area (Å²) in [5, 5.41) is 19.4. The molecule has 0 rings (SSSR count). The third-order valence-corrected chi connectivity index (χ3v) is 6.62. The fraction of sp³-hybridized carbons (Fsp3) is 0.889. The Morgan fingerprint density at radius 2 is 1.41 bits per heavy atom. The van der Waals surface area contributed by atoms with E-state index < -0.39 is 39.1 Å². The molecule has 0 aliphatic heterocycles. The van der Waals surface area contributed by atoms with Gasteiger partial charge >= 0.3 is 41.5 Å². The Morgan fingerprint density at radius 1 is 0.963 bits per heavy atom. The fourth-order valence-corrected chi connectivity index (χ4v) is 4.78. The quantitative estimate of drug-likeness (QED) is 0.292. The number of carboxylic acid groups (broad SMARTS) is 2. The Hall–Kier alpha value is -0.150. The average Bonchev–Trinajstić information content (AvgIpc) is 2.52. The number of carbonyl (C=O) groups is 2. The molecule has 0 aliphatic carbocycles. The van der Waals surface area contributed by atoms with Gasteiger partial charge in [0.2, 0.25) is 4.75 Å². The minimum absolute atomic E-state index is 0. The van der Waals surface area contributed by atoms with Crippen LogP contribution >= 0.6 is 0 Å². The summed E-state index contributed by atoms with van der Waals surface area (Å²) in [6.45, 7) is 7.41. The van der Waals surface area contributed by atoms with Gasteiger partial charge < -0.3 is 10.2 Å². The van der Waals surface area contributed by atoms with Crippen LogP contribution in [0.2, 0.25) is 0 Å². The Bertz CT molecular complexity index is 564. The molecule has 27 heavy (non-hydrogen) atoms. The normalized spacial score (nSPS) is 17.2. The molecule has 0 saturated heterocycles. The summed E-state index contributed by atoms with van der Waals surface area (Å²) in [4.78, 5) is 23.9. The van der Waals surface area contributed by atoms with Crippen molar-refractivity contribution in [1.29, 1.82) is 0 Å². The Labute approximate surface area is 185 Å². The molecule has 9 heteroatoms. The van der Waals surface area contributed by atoms with Crippen LogP contribution in [0.4, 0.5) is 0 Å². The Morgan fingerprint density at radius 3 is 1.74 bits per heavy atom. The van der Waals surface area contributed by atoms with Crippen LogP contribution in [0.3, 0.4) is 0 Å². The summed E-state index contributed by atoms with van der Waals surface area (Å²) < 4.78 is 31.4. The average molecular weight is 419 g/mol. The van der Waals surface area contributed by atoms with Crippen LogP contribution in [-0.2, 0) is 19.7 Å². The second-order valence-electron chi connectivity index (χ2n) is 7.50. The van der Waals surface area contributed by atoms with Gasteiger partial charge in [0.25, 0.3) is 10.1 Å². The van der Waals surface area contributed by atoms with Gasteiger partial charge in [-0.25, -0.2) is 0 Å². The van der Waals surface area contributed by atoms with Gasteiger partial charge in [-0.15, -0.1) is 0 Å². The van der Waals surface area contributed by atoms with Gasteiger partial charge in [-0.05, 0) is 24.7 Å². The van der Waals surface area contributed by atoms with Crippen LogP contribution in [0.5, 0.6) is 0 Å². The molecule has 4 unspecified atom stereocenters. The SMILES string of the molecule is CCCCC(C)CC(C(=O)O)C(CC(C)CCCC)(C(=O)O)S(=O)(=O)O.[NaH]. The van der Waals surface area contributed by atoms with Crippen molar-refractivity contribution in [2.24, 2.45) is 17.8 Å². The number of carboxylic acids is 2. The maximum absolute atomic E-state index is 12.2. The van der Waals surface area contributed by atoms with Gasteiger partial charge in [0.1, 0.15) is 0 Å². The summed E-state index contributed by atoms with van der Waals surface area (Å²) >= 11 is 0. The second kappa shape index (κ2) is 13.1. The topological polar surface area (TPSA) is 129 Å². The summed E-state index contributed by atoms with van der Waals surface area (Å²) in [5.74, 6) is -5.51. The van der Waals surface area contributed by atoms with E-state index in [0.717, 1.165) is 25.7 Å². The molecule has 0 aromatic carbocycles. The van der Waals surface area contributed by atoms with Crippen LogP contribution in [0, 0.1) is 17.8 Å². The Kier molecular flexibility index (Phi) is 14.1. The Balaban J connectivity index is 0. The van der Waals surface area contributed by atoms with Crippen molar-refractivity contribution < 1.29 is 32.8 Å². The summed E-state index contributed by atoms with van der Waals surface area (Å²) in [6, 6.07) is 0. The minimum atomic E-state index is -5.14. The van der Waals surface area contributed by atoms with Crippen molar-refractivity contribution >= 4 is 51.6 Å². The van der Waals surface area contributed by atoms with E-state index in [4.69, 9.17) is 0 Å². The molecule has 3 N–H and O–H groups in total. The van der Waals surface area contributed by atoms with Crippen LogP contribution < -0.4 is 0 Å². The zero-order valence-corrected chi connectivity index (χ0v) is 17.1. The number of hydrogen-bond donors (Lipinski definition) is 3. The first-order valence-electron chi connectivity index (χ1n) is 9.37. The maximum atomic E-state index is 12.2. The van der Waals surface area contributed by atoms with Crippen molar-refractivity contribution in [2.75, 3.05) is 0 Å². The predicted molar refractivity (Wildman–Crippen MR) is 107 cm³/mol. The molecule has 0 spiro atoms. The molecule has 0 aromatic heterocycles. The van der Waals surface area contributed by atoms with E-state index in [9.17, 15) is 32.8 Å². The molecule has 7 nitrogen and oxygen atoms in total. The van der Waals surface area contributed by atoms with Crippen LogP contribution in [0.15, 0.2) is 0 Å². The van der Waals surface area contributed by atoms with Crippen molar-refractivity contribution in [2.45, 2.75) is 83.8 Å². The van der Waals surface area contributed by atoms with Crippen LogP contribution in [-0.4, -0.2) is 69.4 Å². The monoisotopic (exact) mass is 418 g/mol. The van der Waals surface area contributed by atoms with Crippen molar-refractivity contribution in [3.05, 3.63) is 0 Å². The van der Waals surface area contributed by atoms with E-state index in [-0.39, 0.29) is 47.8 Å². The third kappa shape index (κ3) is 8.40. The zero-order valence-electron chi connectivity index (χ0n) is 16.3. The molecular weight excluding hydrogens is 383 g/mol. The number of aliphatic carboxylic acids is 2. The molecule has 0 aromatic rings. The van der Waals surface area contributed by atoms with E-state index >= 15 is 0 Å². The molecule has 0 amide bonds. The van der Waals surface area contributed by atoms with Crippen molar-refractivity contribution in [3.63, 3.8) is 0 Å². The first kappa shape index (κ1) is 29.1. The van der Waals surface area contributed by atoms with Gasteiger partial charge in [0.05, 0.1) is 5.92 Å². The van der Waals surface area contributed by atoms with E-state index in [2.05, 4.69) is 0 Å². The standard InChI is InChI=1S/C18H34O7S.Na.H/c1-5-7-9-13(3)11-15(16(19)20)18(17(21)22,26(23,24)25)12-14(4)10-8-6-2;;/h13-15H,5-12H2,1-4H3,(H,19,20)(H,21,22)(H,23,24,25);;. The molecule has 0 bridgehead atoms. The molecule has 0 aliphatic rings. The molecular formula is C18H35NaO7S. The van der Waals surface area contributed by atoms with Crippen molar-refractivity contribution in [3.8, 4) is 0 Å². The predicted octanol–water partition coefficient (Wildman–Crippen LogP) is 3.18. The van der Waals surface area contributed by atoms with Crippen LogP contribution in [0.1, 0.15) is 79.1 Å². The van der Waals surface area contributed by atoms with Gasteiger partial charge in [0.15, 0.2) is 0 Å². The number of rotatable bonds is 14.